The van der Waals surface area contributed by atoms with Crippen molar-refractivity contribution in [2.75, 3.05) is 20.2 Å². The lowest BCUT2D eigenvalue weighted by Crippen LogP contribution is -2.27. The summed E-state index contributed by atoms with van der Waals surface area (Å²) in [6, 6.07) is 8.10. The number of rotatable bonds is 6. The summed E-state index contributed by atoms with van der Waals surface area (Å²) in [6.45, 7) is 5.46. The third-order valence-corrected chi connectivity index (χ3v) is 2.58. The van der Waals surface area contributed by atoms with Crippen molar-refractivity contribution in [3.63, 3.8) is 0 Å². The number of aliphatic hydroxyl groups is 1. The molecule has 2 N–H and O–H groups in total. The first kappa shape index (κ1) is 13.0. The topological polar surface area (TPSA) is 41.5 Å². The summed E-state index contributed by atoms with van der Waals surface area (Å²) in [7, 11) is 1.67. The first-order valence-corrected chi connectivity index (χ1v) is 5.66. The lowest BCUT2D eigenvalue weighted by molar-refractivity contribution is 0.191. The molecule has 1 unspecified atom stereocenters. The van der Waals surface area contributed by atoms with E-state index in [-0.39, 0.29) is 6.10 Å². The Labute approximate surface area is 97.4 Å². The van der Waals surface area contributed by atoms with Crippen molar-refractivity contribution in [3.8, 4) is 5.75 Å². The van der Waals surface area contributed by atoms with Crippen molar-refractivity contribution in [3.05, 3.63) is 29.8 Å². The van der Waals surface area contributed by atoms with Gasteiger partial charge in [-0.15, -0.1) is 0 Å². The molecule has 0 heterocycles. The smallest absolute Gasteiger partial charge is 0.118 e. The lowest BCUT2D eigenvalue weighted by Gasteiger charge is -2.14. The highest BCUT2D eigenvalue weighted by Crippen LogP contribution is 2.18. The Balaban J connectivity index is 2.43. The number of hydrogen-bond acceptors (Lipinski definition) is 3. The first-order chi connectivity index (χ1) is 7.63. The first-order valence-electron chi connectivity index (χ1n) is 5.66. The van der Waals surface area contributed by atoms with E-state index in [1.807, 2.05) is 12.1 Å². The number of benzene rings is 1. The van der Waals surface area contributed by atoms with E-state index in [0.717, 1.165) is 12.3 Å². The van der Waals surface area contributed by atoms with E-state index in [9.17, 15) is 0 Å². The molecule has 0 aliphatic heterocycles. The van der Waals surface area contributed by atoms with Gasteiger partial charge in [-0.3, -0.25) is 0 Å². The molecule has 1 aromatic rings. The van der Waals surface area contributed by atoms with Gasteiger partial charge in [0.15, 0.2) is 0 Å². The molecular formula is C13H21NO2. The Kier molecular flexibility index (Phi) is 5.29. The average Bonchev–Trinajstić information content (AvgIpc) is 2.28. The van der Waals surface area contributed by atoms with Crippen LogP contribution in [0.5, 0.6) is 5.75 Å². The van der Waals surface area contributed by atoms with E-state index in [2.05, 4.69) is 24.4 Å². The third-order valence-electron chi connectivity index (χ3n) is 2.58. The molecule has 16 heavy (non-hydrogen) atoms. The van der Waals surface area contributed by atoms with Crippen molar-refractivity contribution >= 4 is 0 Å². The molecule has 0 bridgehead atoms. The molecule has 1 aromatic carbocycles. The number of methoxy groups -OCH3 is 1. The molecular weight excluding hydrogens is 202 g/mol. The molecule has 1 rings (SSSR count). The standard InChI is InChI=1S/C13H21NO2/c1-10(8-14-9-11(2)15)12-4-6-13(16-3)7-5-12/h4-7,10-11,14-15H,8-9H2,1-3H3/t10?,11-/m0/s1. The van der Waals surface area contributed by atoms with E-state index < -0.39 is 0 Å². The molecule has 0 aromatic heterocycles. The minimum atomic E-state index is -0.289. The van der Waals surface area contributed by atoms with E-state index in [0.29, 0.717) is 12.5 Å². The summed E-state index contributed by atoms with van der Waals surface area (Å²) in [5.41, 5.74) is 1.28. The molecule has 0 spiro atoms. The molecule has 0 aliphatic carbocycles. The zero-order valence-corrected chi connectivity index (χ0v) is 10.2. The van der Waals surface area contributed by atoms with Gasteiger partial charge >= 0.3 is 0 Å². The molecule has 0 aliphatic rings. The highest BCUT2D eigenvalue weighted by atomic mass is 16.5. The highest BCUT2D eigenvalue weighted by Gasteiger charge is 2.05. The van der Waals surface area contributed by atoms with Gasteiger partial charge < -0.3 is 15.2 Å². The predicted molar refractivity (Wildman–Crippen MR) is 66.0 cm³/mol. The molecule has 0 amide bonds. The molecule has 3 heteroatoms. The Morgan fingerprint density at radius 2 is 1.81 bits per heavy atom. The van der Waals surface area contributed by atoms with Crippen LogP contribution in [0.15, 0.2) is 24.3 Å². The van der Waals surface area contributed by atoms with Gasteiger partial charge in [0.1, 0.15) is 5.75 Å². The van der Waals surface area contributed by atoms with Crippen LogP contribution >= 0.6 is 0 Å². The Morgan fingerprint density at radius 1 is 1.19 bits per heavy atom. The Morgan fingerprint density at radius 3 is 2.31 bits per heavy atom. The summed E-state index contributed by atoms with van der Waals surface area (Å²) in [6.07, 6.45) is -0.289. The zero-order valence-electron chi connectivity index (χ0n) is 10.2. The maximum atomic E-state index is 9.13. The fourth-order valence-corrected chi connectivity index (χ4v) is 1.56. The van der Waals surface area contributed by atoms with Crippen molar-refractivity contribution in [2.24, 2.45) is 0 Å². The molecule has 0 saturated carbocycles. The van der Waals surface area contributed by atoms with Crippen LogP contribution in [0.1, 0.15) is 25.3 Å². The minimum Gasteiger partial charge on any atom is -0.497 e. The fraction of sp³-hybridized carbons (Fsp3) is 0.538. The third kappa shape index (κ3) is 4.21. The van der Waals surface area contributed by atoms with Crippen LogP contribution < -0.4 is 10.1 Å². The van der Waals surface area contributed by atoms with Crippen LogP contribution in [0.2, 0.25) is 0 Å². The van der Waals surface area contributed by atoms with Crippen molar-refractivity contribution in [1.29, 1.82) is 0 Å². The quantitative estimate of drug-likeness (QED) is 0.772. The second-order valence-electron chi connectivity index (χ2n) is 4.18. The van der Waals surface area contributed by atoms with Crippen LogP contribution in [0, 0.1) is 0 Å². The molecule has 0 saturated heterocycles. The van der Waals surface area contributed by atoms with E-state index in [1.54, 1.807) is 14.0 Å². The van der Waals surface area contributed by atoms with Gasteiger partial charge in [-0.05, 0) is 30.5 Å². The highest BCUT2D eigenvalue weighted by molar-refractivity contribution is 5.29. The van der Waals surface area contributed by atoms with Gasteiger partial charge in [0.25, 0.3) is 0 Å². The largest absolute Gasteiger partial charge is 0.497 e. The molecule has 0 radical (unpaired) electrons. The van der Waals surface area contributed by atoms with Crippen molar-refractivity contribution in [1.82, 2.24) is 5.32 Å². The Hall–Kier alpha value is -1.06. The SMILES string of the molecule is COc1ccc(C(C)CNC[C@H](C)O)cc1. The number of nitrogens with one attached hydrogen (secondary N) is 1. The maximum absolute atomic E-state index is 9.13. The molecule has 0 fully saturated rings. The van der Waals surface area contributed by atoms with Crippen molar-refractivity contribution < 1.29 is 9.84 Å². The van der Waals surface area contributed by atoms with Crippen LogP contribution in [-0.4, -0.2) is 31.4 Å². The number of hydrogen-bond donors (Lipinski definition) is 2. The van der Waals surface area contributed by atoms with Crippen LogP contribution in [0.3, 0.4) is 0 Å². The van der Waals surface area contributed by atoms with Gasteiger partial charge in [0.05, 0.1) is 13.2 Å². The van der Waals surface area contributed by atoms with Gasteiger partial charge in [-0.25, -0.2) is 0 Å². The number of aliphatic hydroxyl groups excluding tert-OH is 1. The zero-order chi connectivity index (χ0) is 12.0. The molecule has 90 valence electrons. The van der Waals surface area contributed by atoms with Gasteiger partial charge in [-0.2, -0.15) is 0 Å². The molecule has 3 nitrogen and oxygen atoms in total. The number of ether oxygens (including phenoxy) is 1. The van der Waals surface area contributed by atoms with Crippen LogP contribution in [-0.2, 0) is 0 Å². The predicted octanol–water partition coefficient (Wildman–Crippen LogP) is 1.77. The normalized spacial score (nSPS) is 14.5. The molecule has 2 atom stereocenters. The van der Waals surface area contributed by atoms with Gasteiger partial charge in [0.2, 0.25) is 0 Å². The summed E-state index contributed by atoms with van der Waals surface area (Å²) in [4.78, 5) is 0. The monoisotopic (exact) mass is 223 g/mol. The van der Waals surface area contributed by atoms with Gasteiger partial charge in [-0.1, -0.05) is 19.1 Å². The van der Waals surface area contributed by atoms with Crippen LogP contribution in [0.25, 0.3) is 0 Å². The van der Waals surface area contributed by atoms with E-state index in [4.69, 9.17) is 9.84 Å². The summed E-state index contributed by atoms with van der Waals surface area (Å²) >= 11 is 0. The Bertz CT molecular complexity index is 295. The summed E-state index contributed by atoms with van der Waals surface area (Å²) < 4.78 is 5.11. The van der Waals surface area contributed by atoms with Crippen molar-refractivity contribution in [2.45, 2.75) is 25.9 Å². The van der Waals surface area contributed by atoms with E-state index >= 15 is 0 Å². The maximum Gasteiger partial charge on any atom is 0.118 e. The minimum absolute atomic E-state index is 0.289. The summed E-state index contributed by atoms with van der Waals surface area (Å²) in [5.74, 6) is 1.32. The summed E-state index contributed by atoms with van der Waals surface area (Å²) in [5, 5.41) is 12.4. The second-order valence-corrected chi connectivity index (χ2v) is 4.18. The fourth-order valence-electron chi connectivity index (χ4n) is 1.56. The van der Waals surface area contributed by atoms with Crippen LogP contribution in [0.4, 0.5) is 0 Å². The average molecular weight is 223 g/mol. The second kappa shape index (κ2) is 6.51. The lowest BCUT2D eigenvalue weighted by atomic mass is 10.0. The van der Waals surface area contributed by atoms with E-state index in [1.165, 1.54) is 5.56 Å². The van der Waals surface area contributed by atoms with Gasteiger partial charge in [0, 0.05) is 13.1 Å².